The Bertz CT molecular complexity index is 315. The van der Waals surface area contributed by atoms with Gasteiger partial charge in [-0.25, -0.2) is 8.78 Å². The maximum absolute atomic E-state index is 12.9. The van der Waals surface area contributed by atoms with Gasteiger partial charge in [-0.3, -0.25) is 0 Å². The highest BCUT2D eigenvalue weighted by Gasteiger charge is 2.09. The number of unbranched alkanes of at least 4 members (excludes halogenated alkanes) is 1. The van der Waals surface area contributed by atoms with Crippen LogP contribution in [0.15, 0.2) is 12.1 Å². The molecule has 0 aliphatic heterocycles. The SMILES string of the molecule is CCCCOc1cc(F)cc(F)c1Cl. The van der Waals surface area contributed by atoms with Crippen molar-refractivity contribution in [2.45, 2.75) is 19.8 Å². The van der Waals surface area contributed by atoms with E-state index in [0.29, 0.717) is 6.61 Å². The molecule has 4 heteroatoms. The van der Waals surface area contributed by atoms with E-state index in [1.165, 1.54) is 0 Å². The lowest BCUT2D eigenvalue weighted by atomic mass is 10.3. The molecule has 0 saturated carbocycles. The molecule has 1 nitrogen and oxygen atoms in total. The highest BCUT2D eigenvalue weighted by molar-refractivity contribution is 6.32. The van der Waals surface area contributed by atoms with Gasteiger partial charge < -0.3 is 4.74 Å². The summed E-state index contributed by atoms with van der Waals surface area (Å²) < 4.78 is 30.8. The third kappa shape index (κ3) is 2.84. The summed E-state index contributed by atoms with van der Waals surface area (Å²) in [6.07, 6.45) is 1.78. The van der Waals surface area contributed by atoms with Crippen molar-refractivity contribution < 1.29 is 13.5 Å². The second-order valence-electron chi connectivity index (χ2n) is 2.90. The summed E-state index contributed by atoms with van der Waals surface area (Å²) in [5, 5.41) is -0.164. The number of hydrogen-bond donors (Lipinski definition) is 0. The van der Waals surface area contributed by atoms with Gasteiger partial charge in [-0.15, -0.1) is 0 Å². The van der Waals surface area contributed by atoms with Crippen LogP contribution < -0.4 is 4.74 Å². The summed E-state index contributed by atoms with van der Waals surface area (Å²) in [4.78, 5) is 0. The Morgan fingerprint density at radius 3 is 2.71 bits per heavy atom. The zero-order valence-electron chi connectivity index (χ0n) is 7.82. The van der Waals surface area contributed by atoms with E-state index < -0.39 is 11.6 Å². The van der Waals surface area contributed by atoms with Gasteiger partial charge in [-0.05, 0) is 6.42 Å². The van der Waals surface area contributed by atoms with E-state index in [2.05, 4.69) is 0 Å². The van der Waals surface area contributed by atoms with Crippen LogP contribution in [0.2, 0.25) is 5.02 Å². The van der Waals surface area contributed by atoms with Crippen LogP contribution in [-0.4, -0.2) is 6.61 Å². The largest absolute Gasteiger partial charge is 0.492 e. The second kappa shape index (κ2) is 5.15. The molecule has 0 radical (unpaired) electrons. The summed E-state index contributed by atoms with van der Waals surface area (Å²) in [6.45, 7) is 2.41. The molecule has 1 aromatic rings. The summed E-state index contributed by atoms with van der Waals surface area (Å²) in [5.41, 5.74) is 0. The van der Waals surface area contributed by atoms with E-state index in [1.54, 1.807) is 0 Å². The summed E-state index contributed by atoms with van der Waals surface area (Å²) in [5.74, 6) is -1.41. The molecule has 0 saturated heterocycles. The van der Waals surface area contributed by atoms with Gasteiger partial charge in [0, 0.05) is 12.1 Å². The Balaban J connectivity index is 2.75. The normalized spacial score (nSPS) is 10.3. The maximum atomic E-state index is 12.9. The molecule has 78 valence electrons. The molecular formula is C10H11ClF2O. The minimum Gasteiger partial charge on any atom is -0.492 e. The number of benzene rings is 1. The first kappa shape index (κ1) is 11.2. The van der Waals surface area contributed by atoms with Crippen LogP contribution in [0.5, 0.6) is 5.75 Å². The Hall–Kier alpha value is -0.830. The number of hydrogen-bond acceptors (Lipinski definition) is 1. The molecule has 0 bridgehead atoms. The fraction of sp³-hybridized carbons (Fsp3) is 0.400. The molecule has 0 amide bonds. The van der Waals surface area contributed by atoms with Gasteiger partial charge in [0.25, 0.3) is 0 Å². The smallest absolute Gasteiger partial charge is 0.148 e. The Morgan fingerprint density at radius 2 is 2.07 bits per heavy atom. The average molecular weight is 221 g/mol. The van der Waals surface area contributed by atoms with Crippen LogP contribution in [-0.2, 0) is 0 Å². The van der Waals surface area contributed by atoms with Gasteiger partial charge in [0.15, 0.2) is 0 Å². The van der Waals surface area contributed by atoms with Crippen molar-refractivity contribution in [3.63, 3.8) is 0 Å². The van der Waals surface area contributed by atoms with Crippen molar-refractivity contribution in [1.82, 2.24) is 0 Å². The fourth-order valence-electron chi connectivity index (χ4n) is 0.964. The lowest BCUT2D eigenvalue weighted by Gasteiger charge is -2.07. The van der Waals surface area contributed by atoms with Gasteiger partial charge in [-0.2, -0.15) is 0 Å². The highest BCUT2D eigenvalue weighted by Crippen LogP contribution is 2.28. The molecule has 0 fully saturated rings. The van der Waals surface area contributed by atoms with Crippen molar-refractivity contribution in [2.75, 3.05) is 6.61 Å². The predicted molar refractivity (Wildman–Crippen MR) is 51.8 cm³/mol. The van der Waals surface area contributed by atoms with Crippen molar-refractivity contribution in [2.24, 2.45) is 0 Å². The minimum absolute atomic E-state index is 0.0672. The van der Waals surface area contributed by atoms with Crippen molar-refractivity contribution in [1.29, 1.82) is 0 Å². The van der Waals surface area contributed by atoms with Gasteiger partial charge in [-0.1, -0.05) is 24.9 Å². The lowest BCUT2D eigenvalue weighted by Crippen LogP contribution is -1.98. The minimum atomic E-state index is -0.793. The van der Waals surface area contributed by atoms with Crippen LogP contribution in [0.3, 0.4) is 0 Å². The van der Waals surface area contributed by atoms with Crippen molar-refractivity contribution in [3.05, 3.63) is 28.8 Å². The molecule has 14 heavy (non-hydrogen) atoms. The molecule has 1 aromatic carbocycles. The third-order valence-electron chi connectivity index (χ3n) is 1.72. The van der Waals surface area contributed by atoms with Crippen molar-refractivity contribution in [3.8, 4) is 5.75 Å². The zero-order chi connectivity index (χ0) is 10.6. The molecule has 0 aromatic heterocycles. The van der Waals surface area contributed by atoms with Crippen LogP contribution in [0.25, 0.3) is 0 Å². The molecule has 1 rings (SSSR count). The first-order valence-electron chi connectivity index (χ1n) is 4.42. The first-order valence-corrected chi connectivity index (χ1v) is 4.80. The van der Waals surface area contributed by atoms with E-state index in [9.17, 15) is 8.78 Å². The monoisotopic (exact) mass is 220 g/mol. The standard InChI is InChI=1S/C10H11ClF2O/c1-2-3-4-14-9-6-7(12)5-8(13)10(9)11/h5-6H,2-4H2,1H3. The molecule has 0 aliphatic rings. The second-order valence-corrected chi connectivity index (χ2v) is 3.28. The van der Waals surface area contributed by atoms with E-state index >= 15 is 0 Å². The van der Waals surface area contributed by atoms with E-state index in [1.807, 2.05) is 6.92 Å². The third-order valence-corrected chi connectivity index (χ3v) is 2.08. The molecule has 0 unspecified atom stereocenters. The van der Waals surface area contributed by atoms with E-state index in [4.69, 9.17) is 16.3 Å². The van der Waals surface area contributed by atoms with Gasteiger partial charge in [0.1, 0.15) is 22.4 Å². The molecule has 0 N–H and O–H groups in total. The average Bonchev–Trinajstić information content (AvgIpc) is 2.13. The zero-order valence-corrected chi connectivity index (χ0v) is 8.57. The molecule has 0 atom stereocenters. The fourth-order valence-corrected chi connectivity index (χ4v) is 1.13. The first-order chi connectivity index (χ1) is 6.65. The highest BCUT2D eigenvalue weighted by atomic mass is 35.5. The maximum Gasteiger partial charge on any atom is 0.148 e. The quantitative estimate of drug-likeness (QED) is 0.554. The van der Waals surface area contributed by atoms with Crippen molar-refractivity contribution >= 4 is 11.6 Å². The summed E-state index contributed by atoms with van der Waals surface area (Å²) in [7, 11) is 0. The topological polar surface area (TPSA) is 9.23 Å². The molecule has 0 aliphatic carbocycles. The number of rotatable bonds is 4. The summed E-state index contributed by atoms with van der Waals surface area (Å²) >= 11 is 5.58. The number of halogens is 3. The predicted octanol–water partition coefficient (Wildman–Crippen LogP) is 3.80. The van der Waals surface area contributed by atoms with Gasteiger partial charge >= 0.3 is 0 Å². The van der Waals surface area contributed by atoms with E-state index in [-0.39, 0.29) is 10.8 Å². The number of ether oxygens (including phenoxy) is 1. The van der Waals surface area contributed by atoms with E-state index in [0.717, 1.165) is 25.0 Å². The molecular weight excluding hydrogens is 210 g/mol. The van der Waals surface area contributed by atoms with Gasteiger partial charge in [0.2, 0.25) is 0 Å². The van der Waals surface area contributed by atoms with Gasteiger partial charge in [0.05, 0.1) is 6.61 Å². The van der Waals surface area contributed by atoms with Crippen LogP contribution in [0, 0.1) is 11.6 Å². The molecule has 0 heterocycles. The molecule has 0 spiro atoms. The lowest BCUT2D eigenvalue weighted by molar-refractivity contribution is 0.306. The summed E-state index contributed by atoms with van der Waals surface area (Å²) in [6, 6.07) is 1.82. The van der Waals surface area contributed by atoms with Crippen LogP contribution >= 0.6 is 11.6 Å². The Kier molecular flexibility index (Phi) is 4.14. The Morgan fingerprint density at radius 1 is 1.36 bits per heavy atom. The van der Waals surface area contributed by atoms with Crippen LogP contribution in [0.4, 0.5) is 8.78 Å². The van der Waals surface area contributed by atoms with Crippen LogP contribution in [0.1, 0.15) is 19.8 Å². The Labute approximate surface area is 86.6 Å².